The van der Waals surface area contributed by atoms with Crippen molar-refractivity contribution < 1.29 is 0 Å². The molecule has 4 heteroatoms. The second-order valence-corrected chi connectivity index (χ2v) is 8.35. The minimum atomic E-state index is -0.608. The number of hydrogen-bond donors (Lipinski definition) is 0. The van der Waals surface area contributed by atoms with Crippen molar-refractivity contribution in [2.45, 2.75) is 24.4 Å². The molecule has 1 aliphatic rings. The van der Waals surface area contributed by atoms with E-state index in [2.05, 4.69) is 39.7 Å². The summed E-state index contributed by atoms with van der Waals surface area (Å²) in [5, 5.41) is 2.81. The SMILES string of the molecule is C[CH2][Al]([CH2]C)[N]1CCN(c2ccccn2)CC1. The first-order valence-electron chi connectivity index (χ1n) is 6.75. The molecule has 0 aliphatic carbocycles. The molecule has 0 aromatic carbocycles. The van der Waals surface area contributed by atoms with Crippen molar-refractivity contribution >= 4 is 20.2 Å². The van der Waals surface area contributed by atoms with Gasteiger partial charge in [-0.05, 0) is 25.2 Å². The highest BCUT2D eigenvalue weighted by Gasteiger charge is 2.26. The zero-order valence-corrected chi connectivity index (χ0v) is 12.1. The Morgan fingerprint density at radius 2 is 1.82 bits per heavy atom. The van der Waals surface area contributed by atoms with Crippen molar-refractivity contribution in [1.29, 1.82) is 0 Å². The summed E-state index contributed by atoms with van der Waals surface area (Å²) in [6, 6.07) is 6.17. The molecule has 0 N–H and O–H groups in total. The Hall–Kier alpha value is -0.558. The standard InChI is InChI=1S/C9H12N3.2C2H5.Al/c1-2-4-11-9(3-1)12-7-5-10-6-8-12;2*1-2;/h1-4H,5-8H2;2*1H2,2H3;/q-1;;;+1. The molecule has 0 spiro atoms. The molecule has 0 amide bonds. The van der Waals surface area contributed by atoms with Crippen molar-refractivity contribution in [1.82, 2.24) is 8.87 Å². The Kier molecular flexibility index (Phi) is 4.85. The van der Waals surface area contributed by atoms with Gasteiger partial charge in [-0.2, -0.15) is 0 Å². The summed E-state index contributed by atoms with van der Waals surface area (Å²) in [6.45, 7) is 9.45. The van der Waals surface area contributed by atoms with Gasteiger partial charge < -0.3 is 8.78 Å². The summed E-state index contributed by atoms with van der Waals surface area (Å²) in [5.74, 6) is 1.14. The maximum atomic E-state index is 4.43. The molecule has 92 valence electrons. The summed E-state index contributed by atoms with van der Waals surface area (Å²) < 4.78 is 2.76. The van der Waals surface area contributed by atoms with E-state index in [0.29, 0.717) is 0 Å². The Morgan fingerprint density at radius 3 is 2.35 bits per heavy atom. The Balaban J connectivity index is 1.90. The summed E-state index contributed by atoms with van der Waals surface area (Å²) in [5.41, 5.74) is 0. The first kappa shape index (κ1) is 12.9. The largest absolute Gasteiger partial charge is 0.382 e. The zero-order chi connectivity index (χ0) is 12.1. The van der Waals surface area contributed by atoms with E-state index in [4.69, 9.17) is 0 Å². The van der Waals surface area contributed by atoms with E-state index < -0.39 is 14.4 Å². The third-order valence-corrected chi connectivity index (χ3v) is 7.18. The van der Waals surface area contributed by atoms with Gasteiger partial charge in [0.25, 0.3) is 0 Å². The number of hydrogen-bond acceptors (Lipinski definition) is 3. The van der Waals surface area contributed by atoms with E-state index in [-0.39, 0.29) is 0 Å². The predicted octanol–water partition coefficient (Wildman–Crippen LogP) is 2.23. The Bertz CT molecular complexity index is 319. The highest BCUT2D eigenvalue weighted by molar-refractivity contribution is 6.55. The van der Waals surface area contributed by atoms with Crippen LogP contribution < -0.4 is 4.90 Å². The summed E-state index contributed by atoms with van der Waals surface area (Å²) in [4.78, 5) is 6.84. The molecule has 0 radical (unpaired) electrons. The summed E-state index contributed by atoms with van der Waals surface area (Å²) in [6.07, 6.45) is 1.89. The van der Waals surface area contributed by atoms with Crippen LogP contribution in [-0.2, 0) is 0 Å². The van der Waals surface area contributed by atoms with Crippen LogP contribution in [0, 0.1) is 0 Å². The lowest BCUT2D eigenvalue weighted by Crippen LogP contribution is -2.52. The molecule has 0 bridgehead atoms. The number of rotatable bonds is 4. The van der Waals surface area contributed by atoms with Gasteiger partial charge in [-0.3, -0.25) is 0 Å². The molecule has 1 aliphatic heterocycles. The van der Waals surface area contributed by atoms with Gasteiger partial charge in [-0.1, -0.05) is 30.5 Å². The fourth-order valence-corrected chi connectivity index (χ4v) is 5.23. The van der Waals surface area contributed by atoms with Crippen LogP contribution in [0.3, 0.4) is 0 Å². The van der Waals surface area contributed by atoms with Gasteiger partial charge in [0.15, 0.2) is 0 Å². The molecule has 2 rings (SSSR count). The molecule has 1 aromatic heterocycles. The van der Waals surface area contributed by atoms with Crippen LogP contribution in [0.5, 0.6) is 0 Å². The zero-order valence-electron chi connectivity index (χ0n) is 11.0. The second-order valence-electron chi connectivity index (χ2n) is 4.68. The second kappa shape index (κ2) is 6.40. The van der Waals surface area contributed by atoms with Crippen molar-refractivity contribution in [3.8, 4) is 0 Å². The summed E-state index contributed by atoms with van der Waals surface area (Å²) in [7, 11) is 0. The van der Waals surface area contributed by atoms with Crippen LogP contribution in [0.15, 0.2) is 24.4 Å². The van der Waals surface area contributed by atoms with Crippen LogP contribution in [0.4, 0.5) is 5.82 Å². The molecule has 2 heterocycles. The van der Waals surface area contributed by atoms with Crippen LogP contribution >= 0.6 is 0 Å². The molecule has 17 heavy (non-hydrogen) atoms. The maximum Gasteiger partial charge on any atom is 0.372 e. The van der Waals surface area contributed by atoms with Crippen LogP contribution in [0.25, 0.3) is 0 Å². The first-order chi connectivity index (χ1) is 8.35. The lowest BCUT2D eigenvalue weighted by Gasteiger charge is -2.38. The highest BCUT2D eigenvalue weighted by Crippen LogP contribution is 2.15. The lowest BCUT2D eigenvalue weighted by molar-refractivity contribution is 0.393. The minimum absolute atomic E-state index is 0.608. The van der Waals surface area contributed by atoms with E-state index in [1.807, 2.05) is 12.3 Å². The highest BCUT2D eigenvalue weighted by atomic mass is 27.2. The predicted molar refractivity (Wildman–Crippen MR) is 74.7 cm³/mol. The van der Waals surface area contributed by atoms with Gasteiger partial charge in [-0.15, -0.1) is 0 Å². The fourth-order valence-electron chi connectivity index (χ4n) is 2.66. The first-order valence-corrected chi connectivity index (χ1v) is 8.90. The Morgan fingerprint density at radius 1 is 1.12 bits per heavy atom. The molecule has 1 aromatic rings. The van der Waals surface area contributed by atoms with E-state index in [9.17, 15) is 0 Å². The summed E-state index contributed by atoms with van der Waals surface area (Å²) >= 11 is -0.608. The Labute approximate surface area is 109 Å². The van der Waals surface area contributed by atoms with Gasteiger partial charge in [0.2, 0.25) is 0 Å². The quantitative estimate of drug-likeness (QED) is 0.761. The van der Waals surface area contributed by atoms with Crippen molar-refractivity contribution in [2.24, 2.45) is 0 Å². The van der Waals surface area contributed by atoms with Gasteiger partial charge in [0.05, 0.1) is 0 Å². The molecule has 0 unspecified atom stereocenters. The monoisotopic (exact) mass is 247 g/mol. The molecule has 1 fully saturated rings. The smallest absolute Gasteiger partial charge is 0.372 e. The van der Waals surface area contributed by atoms with Gasteiger partial charge in [-0.25, -0.2) is 4.98 Å². The normalized spacial score (nSPS) is 17.2. The number of nitrogens with zero attached hydrogens (tertiary/aromatic N) is 3. The van der Waals surface area contributed by atoms with Gasteiger partial charge in [0, 0.05) is 19.3 Å². The number of anilines is 1. The van der Waals surface area contributed by atoms with Crippen molar-refractivity contribution in [3.63, 3.8) is 0 Å². The van der Waals surface area contributed by atoms with Crippen LogP contribution in [-0.4, -0.2) is 49.4 Å². The molecule has 1 saturated heterocycles. The lowest BCUT2D eigenvalue weighted by atomic mass is 10.3. The number of pyridine rings is 1. The van der Waals surface area contributed by atoms with Gasteiger partial charge in [0.1, 0.15) is 5.82 Å². The van der Waals surface area contributed by atoms with E-state index in [1.165, 1.54) is 23.7 Å². The topological polar surface area (TPSA) is 19.4 Å². The average molecular weight is 247 g/mol. The molecular weight excluding hydrogens is 225 g/mol. The molecular formula is C13H22AlN3. The van der Waals surface area contributed by atoms with Crippen LogP contribution in [0.1, 0.15) is 13.8 Å². The molecule has 0 saturated carbocycles. The van der Waals surface area contributed by atoms with Crippen molar-refractivity contribution in [3.05, 3.63) is 24.4 Å². The van der Waals surface area contributed by atoms with Crippen LogP contribution in [0.2, 0.25) is 10.6 Å². The number of aromatic nitrogens is 1. The third-order valence-electron chi connectivity index (χ3n) is 3.75. The fraction of sp³-hybridized carbons (Fsp3) is 0.615. The third kappa shape index (κ3) is 3.22. The van der Waals surface area contributed by atoms with E-state index in [1.54, 1.807) is 0 Å². The molecule has 0 atom stereocenters. The van der Waals surface area contributed by atoms with Gasteiger partial charge >= 0.3 is 14.4 Å². The van der Waals surface area contributed by atoms with E-state index >= 15 is 0 Å². The molecule has 3 nitrogen and oxygen atoms in total. The maximum absolute atomic E-state index is 4.43. The average Bonchev–Trinajstić information content (AvgIpc) is 2.42. The minimum Gasteiger partial charge on any atom is -0.382 e. The van der Waals surface area contributed by atoms with Crippen molar-refractivity contribution in [2.75, 3.05) is 31.1 Å². The number of piperazine rings is 1. The van der Waals surface area contributed by atoms with E-state index in [0.717, 1.165) is 18.9 Å².